The lowest BCUT2D eigenvalue weighted by Gasteiger charge is -2.30. The monoisotopic (exact) mass is 545 g/mol. The van der Waals surface area contributed by atoms with E-state index < -0.39 is 0 Å². The van der Waals surface area contributed by atoms with Crippen molar-refractivity contribution in [3.8, 4) is 5.75 Å². The van der Waals surface area contributed by atoms with Gasteiger partial charge in [0.05, 0.1) is 12.2 Å². The molecule has 0 spiro atoms. The molecule has 0 aliphatic carbocycles. The van der Waals surface area contributed by atoms with Crippen LogP contribution in [0.5, 0.6) is 5.75 Å². The SMILES string of the molecule is Cc1ccc(CN2C(=O)C(=Cc3ccc(C(=O)NCCN(C)CCc4ccccc4)cc3)Oc3ccccc32)cc1. The summed E-state index contributed by atoms with van der Waals surface area (Å²) in [5.41, 5.74) is 5.61. The first-order valence-electron chi connectivity index (χ1n) is 13.9. The van der Waals surface area contributed by atoms with E-state index in [4.69, 9.17) is 4.74 Å². The number of hydrogen-bond acceptors (Lipinski definition) is 4. The predicted molar refractivity (Wildman–Crippen MR) is 164 cm³/mol. The molecule has 4 aromatic carbocycles. The Hall–Kier alpha value is -4.68. The van der Waals surface area contributed by atoms with Crippen LogP contribution in [0, 0.1) is 6.92 Å². The van der Waals surface area contributed by atoms with E-state index in [0.717, 1.165) is 36.3 Å². The Bertz CT molecular complexity index is 1510. The fraction of sp³-hybridized carbons (Fsp3) is 0.200. The van der Waals surface area contributed by atoms with E-state index in [2.05, 4.69) is 41.5 Å². The van der Waals surface area contributed by atoms with Gasteiger partial charge < -0.3 is 15.0 Å². The molecule has 6 nitrogen and oxygen atoms in total. The molecule has 0 fully saturated rings. The maximum Gasteiger partial charge on any atom is 0.294 e. The number of likely N-dealkylation sites (N-methyl/N-ethyl adjacent to an activating group) is 1. The van der Waals surface area contributed by atoms with Gasteiger partial charge in [-0.25, -0.2) is 0 Å². The number of ether oxygens (including phenoxy) is 1. The van der Waals surface area contributed by atoms with E-state index in [9.17, 15) is 9.59 Å². The van der Waals surface area contributed by atoms with Crippen LogP contribution >= 0.6 is 0 Å². The zero-order chi connectivity index (χ0) is 28.6. The predicted octanol–water partition coefficient (Wildman–Crippen LogP) is 5.87. The van der Waals surface area contributed by atoms with Crippen molar-refractivity contribution in [2.45, 2.75) is 19.9 Å². The number of nitrogens with one attached hydrogen (secondary N) is 1. The van der Waals surface area contributed by atoms with Gasteiger partial charge in [-0.15, -0.1) is 0 Å². The van der Waals surface area contributed by atoms with Gasteiger partial charge in [0, 0.05) is 25.2 Å². The van der Waals surface area contributed by atoms with Crippen LogP contribution in [0.4, 0.5) is 5.69 Å². The highest BCUT2D eigenvalue weighted by Gasteiger charge is 2.30. The molecule has 4 aromatic rings. The summed E-state index contributed by atoms with van der Waals surface area (Å²) in [5.74, 6) is 0.549. The van der Waals surface area contributed by atoms with Crippen LogP contribution < -0.4 is 15.0 Å². The molecule has 0 atom stereocenters. The topological polar surface area (TPSA) is 61.9 Å². The number of rotatable bonds is 10. The Balaban J connectivity index is 1.19. The summed E-state index contributed by atoms with van der Waals surface area (Å²) in [6.45, 7) is 4.74. The van der Waals surface area contributed by atoms with Gasteiger partial charge in [-0.05, 0) is 67.4 Å². The van der Waals surface area contributed by atoms with Crippen molar-refractivity contribution < 1.29 is 14.3 Å². The summed E-state index contributed by atoms with van der Waals surface area (Å²) < 4.78 is 6.02. The number of amides is 2. The molecule has 2 amide bonds. The van der Waals surface area contributed by atoms with Crippen molar-refractivity contribution in [2.75, 3.05) is 31.6 Å². The Morgan fingerprint density at radius 3 is 2.32 bits per heavy atom. The molecule has 5 rings (SSSR count). The van der Waals surface area contributed by atoms with E-state index in [0.29, 0.717) is 24.4 Å². The molecule has 1 heterocycles. The summed E-state index contributed by atoms with van der Waals surface area (Å²) >= 11 is 0. The number of hydrogen-bond donors (Lipinski definition) is 1. The molecule has 0 saturated carbocycles. The van der Waals surface area contributed by atoms with E-state index in [-0.39, 0.29) is 17.6 Å². The van der Waals surface area contributed by atoms with Crippen LogP contribution in [-0.4, -0.2) is 43.4 Å². The summed E-state index contributed by atoms with van der Waals surface area (Å²) in [7, 11) is 2.06. The number of carbonyl (C=O) groups excluding carboxylic acids is 2. The molecule has 6 heteroatoms. The van der Waals surface area contributed by atoms with Crippen molar-refractivity contribution in [3.63, 3.8) is 0 Å². The number of aryl methyl sites for hydroxylation is 1. The fourth-order valence-electron chi connectivity index (χ4n) is 4.72. The lowest BCUT2D eigenvalue weighted by molar-refractivity contribution is -0.117. The van der Waals surface area contributed by atoms with Gasteiger partial charge in [0.2, 0.25) is 0 Å². The van der Waals surface area contributed by atoms with Gasteiger partial charge in [-0.1, -0.05) is 84.4 Å². The third-order valence-electron chi connectivity index (χ3n) is 7.17. The molecule has 0 bridgehead atoms. The Kier molecular flexibility index (Phi) is 8.92. The van der Waals surface area contributed by atoms with Gasteiger partial charge in [0.25, 0.3) is 11.8 Å². The van der Waals surface area contributed by atoms with Crippen molar-refractivity contribution in [2.24, 2.45) is 0 Å². The number of anilines is 1. The van der Waals surface area contributed by atoms with Crippen LogP contribution in [0.2, 0.25) is 0 Å². The van der Waals surface area contributed by atoms with Crippen LogP contribution in [0.3, 0.4) is 0 Å². The van der Waals surface area contributed by atoms with E-state index in [1.54, 1.807) is 23.1 Å². The van der Waals surface area contributed by atoms with E-state index >= 15 is 0 Å². The fourth-order valence-corrected chi connectivity index (χ4v) is 4.72. The highest BCUT2D eigenvalue weighted by atomic mass is 16.5. The van der Waals surface area contributed by atoms with Crippen molar-refractivity contribution in [1.29, 1.82) is 0 Å². The zero-order valence-corrected chi connectivity index (χ0v) is 23.5. The number of fused-ring (bicyclic) bond motifs is 1. The highest BCUT2D eigenvalue weighted by Crippen LogP contribution is 2.36. The standard InChI is InChI=1S/C35H35N3O3/c1-26-12-14-29(15-13-26)25-38-31-10-6-7-11-32(31)41-33(35(38)40)24-28-16-18-30(19-17-28)34(39)36-21-23-37(2)22-20-27-8-4-3-5-9-27/h3-19,24H,20-23,25H2,1-2H3,(H,36,39). The largest absolute Gasteiger partial charge is 0.449 e. The molecule has 41 heavy (non-hydrogen) atoms. The van der Waals surface area contributed by atoms with Gasteiger partial charge >= 0.3 is 0 Å². The Morgan fingerprint density at radius 2 is 1.56 bits per heavy atom. The molecule has 1 aliphatic heterocycles. The van der Waals surface area contributed by atoms with Crippen molar-refractivity contribution in [3.05, 3.63) is 137 Å². The molecule has 1 N–H and O–H groups in total. The van der Waals surface area contributed by atoms with E-state index in [1.807, 2.05) is 73.7 Å². The second-order valence-corrected chi connectivity index (χ2v) is 10.4. The van der Waals surface area contributed by atoms with E-state index in [1.165, 1.54) is 11.1 Å². The molecule has 0 saturated heterocycles. The van der Waals surface area contributed by atoms with Gasteiger partial charge in [0.1, 0.15) is 0 Å². The third kappa shape index (κ3) is 7.29. The third-order valence-corrected chi connectivity index (χ3v) is 7.17. The van der Waals surface area contributed by atoms with Crippen molar-refractivity contribution >= 4 is 23.6 Å². The van der Waals surface area contributed by atoms with Gasteiger partial charge in [-0.2, -0.15) is 0 Å². The van der Waals surface area contributed by atoms with Crippen LogP contribution in [-0.2, 0) is 17.8 Å². The number of benzene rings is 4. The van der Waals surface area contributed by atoms with Crippen LogP contribution in [0.25, 0.3) is 6.08 Å². The first kappa shape index (κ1) is 27.9. The smallest absolute Gasteiger partial charge is 0.294 e. The molecule has 208 valence electrons. The minimum atomic E-state index is -0.206. The van der Waals surface area contributed by atoms with Gasteiger partial charge in [-0.3, -0.25) is 14.5 Å². The van der Waals surface area contributed by atoms with Gasteiger partial charge in [0.15, 0.2) is 11.5 Å². The first-order chi connectivity index (χ1) is 20.0. The number of nitrogens with zero attached hydrogens (tertiary/aromatic N) is 2. The quantitative estimate of drug-likeness (QED) is 0.253. The Morgan fingerprint density at radius 1 is 0.854 bits per heavy atom. The normalized spacial score (nSPS) is 13.7. The minimum Gasteiger partial charge on any atom is -0.449 e. The summed E-state index contributed by atoms with van der Waals surface area (Å²) in [5, 5.41) is 3.00. The Labute approximate surface area is 241 Å². The van der Waals surface area contributed by atoms with Crippen LogP contribution in [0.1, 0.15) is 32.6 Å². The molecule has 1 aliphatic rings. The number of para-hydroxylation sites is 2. The maximum atomic E-state index is 13.5. The average Bonchev–Trinajstić information content (AvgIpc) is 3.00. The molecular formula is C35H35N3O3. The summed E-state index contributed by atoms with van der Waals surface area (Å²) in [4.78, 5) is 30.2. The summed E-state index contributed by atoms with van der Waals surface area (Å²) in [6.07, 6.45) is 2.70. The zero-order valence-electron chi connectivity index (χ0n) is 23.5. The number of carbonyl (C=O) groups is 2. The minimum absolute atomic E-state index is 0.121. The highest BCUT2D eigenvalue weighted by molar-refractivity contribution is 6.09. The second kappa shape index (κ2) is 13.1. The first-order valence-corrected chi connectivity index (χ1v) is 13.9. The summed E-state index contributed by atoms with van der Waals surface area (Å²) in [6, 6.07) is 33.3. The lowest BCUT2D eigenvalue weighted by atomic mass is 10.1. The molecule has 0 unspecified atom stereocenters. The van der Waals surface area contributed by atoms with Crippen molar-refractivity contribution in [1.82, 2.24) is 10.2 Å². The molecule has 0 aromatic heterocycles. The van der Waals surface area contributed by atoms with Crippen LogP contribution in [0.15, 0.2) is 109 Å². The second-order valence-electron chi connectivity index (χ2n) is 10.4. The average molecular weight is 546 g/mol. The molecular weight excluding hydrogens is 510 g/mol. The molecule has 0 radical (unpaired) electrons. The lowest BCUT2D eigenvalue weighted by Crippen LogP contribution is -2.36. The maximum absolute atomic E-state index is 13.5.